The third-order valence-corrected chi connectivity index (χ3v) is 2.36. The lowest BCUT2D eigenvalue weighted by molar-refractivity contribution is -0.108. The standard InChI is InChI=1S/C13H15N3O/c1-10(5-6-17)8-15-11(2)13-4-3-12(7-14)9-16-13/h3-4,6,9-10,15H,2,5,8H2,1H3. The van der Waals surface area contributed by atoms with E-state index in [0.29, 0.717) is 29.9 Å². The summed E-state index contributed by atoms with van der Waals surface area (Å²) in [4.78, 5) is 14.4. The van der Waals surface area contributed by atoms with Crippen molar-refractivity contribution in [2.45, 2.75) is 13.3 Å². The summed E-state index contributed by atoms with van der Waals surface area (Å²) in [5, 5.41) is 11.8. The number of pyridine rings is 1. The zero-order valence-electron chi connectivity index (χ0n) is 9.81. The molecule has 1 unspecified atom stereocenters. The first-order valence-corrected chi connectivity index (χ1v) is 5.40. The van der Waals surface area contributed by atoms with Crippen LogP contribution in [0.5, 0.6) is 0 Å². The van der Waals surface area contributed by atoms with Gasteiger partial charge in [-0.05, 0) is 18.1 Å². The minimum absolute atomic E-state index is 0.266. The van der Waals surface area contributed by atoms with Gasteiger partial charge in [-0.1, -0.05) is 13.5 Å². The Bertz CT molecular complexity index is 431. The second kappa shape index (κ2) is 6.44. The van der Waals surface area contributed by atoms with Crippen LogP contribution >= 0.6 is 0 Å². The molecule has 1 rings (SSSR count). The first kappa shape index (κ1) is 12.9. The van der Waals surface area contributed by atoms with E-state index in [1.54, 1.807) is 12.1 Å². The molecule has 1 aromatic heterocycles. The summed E-state index contributed by atoms with van der Waals surface area (Å²) in [5.74, 6) is 0.266. The maximum absolute atomic E-state index is 10.3. The minimum Gasteiger partial charge on any atom is -0.384 e. The van der Waals surface area contributed by atoms with Crippen molar-refractivity contribution in [3.05, 3.63) is 36.2 Å². The summed E-state index contributed by atoms with van der Waals surface area (Å²) in [6.07, 6.45) is 2.95. The van der Waals surface area contributed by atoms with Gasteiger partial charge < -0.3 is 10.1 Å². The maximum atomic E-state index is 10.3. The predicted molar refractivity (Wildman–Crippen MR) is 65.8 cm³/mol. The molecule has 0 spiro atoms. The van der Waals surface area contributed by atoms with E-state index in [-0.39, 0.29) is 5.92 Å². The van der Waals surface area contributed by atoms with Crippen molar-refractivity contribution >= 4 is 12.0 Å². The Morgan fingerprint density at radius 1 is 1.71 bits per heavy atom. The van der Waals surface area contributed by atoms with Crippen molar-refractivity contribution in [1.29, 1.82) is 5.26 Å². The van der Waals surface area contributed by atoms with Crippen LogP contribution in [0.4, 0.5) is 0 Å². The van der Waals surface area contributed by atoms with E-state index in [4.69, 9.17) is 5.26 Å². The maximum Gasteiger partial charge on any atom is 0.120 e. The number of aldehydes is 1. The largest absolute Gasteiger partial charge is 0.384 e. The topological polar surface area (TPSA) is 65.8 Å². The molecule has 17 heavy (non-hydrogen) atoms. The van der Waals surface area contributed by atoms with Crippen molar-refractivity contribution in [3.63, 3.8) is 0 Å². The first-order chi connectivity index (χ1) is 8.17. The first-order valence-electron chi connectivity index (χ1n) is 5.40. The second-order valence-corrected chi connectivity index (χ2v) is 3.91. The van der Waals surface area contributed by atoms with Crippen molar-refractivity contribution in [1.82, 2.24) is 10.3 Å². The quantitative estimate of drug-likeness (QED) is 0.754. The molecule has 4 heteroatoms. The van der Waals surface area contributed by atoms with Gasteiger partial charge in [0.2, 0.25) is 0 Å². The van der Waals surface area contributed by atoms with Crippen LogP contribution in [0.15, 0.2) is 24.9 Å². The van der Waals surface area contributed by atoms with Gasteiger partial charge in [0.05, 0.1) is 17.0 Å². The van der Waals surface area contributed by atoms with Crippen LogP contribution in [-0.4, -0.2) is 17.8 Å². The van der Waals surface area contributed by atoms with Crippen LogP contribution in [-0.2, 0) is 4.79 Å². The molecule has 1 aromatic rings. The Morgan fingerprint density at radius 3 is 3.00 bits per heavy atom. The lowest BCUT2D eigenvalue weighted by atomic mass is 10.1. The lowest BCUT2D eigenvalue weighted by Gasteiger charge is -2.12. The van der Waals surface area contributed by atoms with Crippen LogP contribution in [0, 0.1) is 17.2 Å². The van der Waals surface area contributed by atoms with E-state index in [1.165, 1.54) is 6.20 Å². The van der Waals surface area contributed by atoms with Gasteiger partial charge in [-0.2, -0.15) is 5.26 Å². The summed E-state index contributed by atoms with van der Waals surface area (Å²) < 4.78 is 0. The number of carbonyl (C=O) groups is 1. The van der Waals surface area contributed by atoms with Gasteiger partial charge in [0.25, 0.3) is 0 Å². The molecular weight excluding hydrogens is 214 g/mol. The van der Waals surface area contributed by atoms with Crippen LogP contribution in [0.25, 0.3) is 5.70 Å². The van der Waals surface area contributed by atoms with Gasteiger partial charge in [-0.25, -0.2) is 0 Å². The average molecular weight is 229 g/mol. The smallest absolute Gasteiger partial charge is 0.120 e. The van der Waals surface area contributed by atoms with E-state index >= 15 is 0 Å². The van der Waals surface area contributed by atoms with Crippen LogP contribution in [0.1, 0.15) is 24.6 Å². The van der Waals surface area contributed by atoms with Gasteiger partial charge in [0.15, 0.2) is 0 Å². The van der Waals surface area contributed by atoms with Crippen molar-refractivity contribution < 1.29 is 4.79 Å². The number of hydrogen-bond acceptors (Lipinski definition) is 4. The molecule has 4 nitrogen and oxygen atoms in total. The van der Waals surface area contributed by atoms with E-state index in [2.05, 4.69) is 16.9 Å². The Morgan fingerprint density at radius 2 is 2.47 bits per heavy atom. The Hall–Kier alpha value is -2.15. The fraction of sp³-hybridized carbons (Fsp3) is 0.308. The van der Waals surface area contributed by atoms with Gasteiger partial charge in [-0.3, -0.25) is 4.98 Å². The number of aromatic nitrogens is 1. The highest BCUT2D eigenvalue weighted by molar-refractivity contribution is 5.58. The molecule has 1 atom stereocenters. The molecule has 1 N–H and O–H groups in total. The number of nitriles is 1. The highest BCUT2D eigenvalue weighted by Gasteiger charge is 2.04. The van der Waals surface area contributed by atoms with Gasteiger partial charge >= 0.3 is 0 Å². The molecule has 0 bridgehead atoms. The molecule has 0 amide bonds. The zero-order valence-corrected chi connectivity index (χ0v) is 9.81. The molecule has 0 saturated heterocycles. The monoisotopic (exact) mass is 229 g/mol. The SMILES string of the molecule is C=C(NCC(C)CC=O)c1ccc(C#N)cn1. The van der Waals surface area contributed by atoms with Crippen LogP contribution < -0.4 is 5.32 Å². The molecule has 0 radical (unpaired) electrons. The molecule has 0 aliphatic rings. The fourth-order valence-corrected chi connectivity index (χ4v) is 1.27. The average Bonchev–Trinajstić information content (AvgIpc) is 2.36. The van der Waals surface area contributed by atoms with E-state index in [0.717, 1.165) is 6.29 Å². The van der Waals surface area contributed by atoms with E-state index in [1.807, 2.05) is 13.0 Å². The zero-order chi connectivity index (χ0) is 12.7. The number of nitrogens with zero attached hydrogens (tertiary/aromatic N) is 2. The normalized spacial score (nSPS) is 11.3. The molecule has 0 aliphatic carbocycles. The van der Waals surface area contributed by atoms with Crippen molar-refractivity contribution in [3.8, 4) is 6.07 Å². The van der Waals surface area contributed by atoms with E-state index in [9.17, 15) is 4.79 Å². The molecule has 0 fully saturated rings. The third kappa shape index (κ3) is 4.07. The highest BCUT2D eigenvalue weighted by atomic mass is 16.1. The summed E-state index contributed by atoms with van der Waals surface area (Å²) >= 11 is 0. The Kier molecular flexibility index (Phi) is 4.89. The predicted octanol–water partition coefficient (Wildman–Crippen LogP) is 1.74. The number of rotatable bonds is 6. The second-order valence-electron chi connectivity index (χ2n) is 3.91. The molecule has 0 saturated carbocycles. The fourth-order valence-electron chi connectivity index (χ4n) is 1.27. The third-order valence-electron chi connectivity index (χ3n) is 2.36. The Labute approximate surface area is 101 Å². The minimum atomic E-state index is 0.266. The van der Waals surface area contributed by atoms with Crippen LogP contribution in [0.2, 0.25) is 0 Å². The Balaban J connectivity index is 2.52. The van der Waals surface area contributed by atoms with E-state index < -0.39 is 0 Å². The van der Waals surface area contributed by atoms with Crippen molar-refractivity contribution in [2.24, 2.45) is 5.92 Å². The number of hydrogen-bond donors (Lipinski definition) is 1. The van der Waals surface area contributed by atoms with Crippen LogP contribution in [0.3, 0.4) is 0 Å². The van der Waals surface area contributed by atoms with Gasteiger partial charge in [0.1, 0.15) is 12.4 Å². The van der Waals surface area contributed by atoms with Crippen molar-refractivity contribution in [2.75, 3.05) is 6.54 Å². The molecule has 88 valence electrons. The molecule has 0 aliphatic heterocycles. The number of carbonyl (C=O) groups excluding carboxylic acids is 1. The number of nitrogens with one attached hydrogen (secondary N) is 1. The summed E-state index contributed by atoms with van der Waals surface area (Å²) in [7, 11) is 0. The lowest BCUT2D eigenvalue weighted by Crippen LogP contribution is -2.20. The summed E-state index contributed by atoms with van der Waals surface area (Å²) in [6.45, 7) is 6.53. The molecule has 0 aromatic carbocycles. The van der Waals surface area contributed by atoms with Gasteiger partial charge in [-0.15, -0.1) is 0 Å². The highest BCUT2D eigenvalue weighted by Crippen LogP contribution is 2.08. The summed E-state index contributed by atoms with van der Waals surface area (Å²) in [5.41, 5.74) is 1.94. The molecular formula is C13H15N3O. The summed E-state index contributed by atoms with van der Waals surface area (Å²) in [6, 6.07) is 5.46. The molecule has 1 heterocycles. The van der Waals surface area contributed by atoms with Gasteiger partial charge in [0, 0.05) is 19.2 Å².